The molecule has 0 saturated carbocycles. The number of nitrogens with zero attached hydrogens (tertiary/aromatic N) is 3. The summed E-state index contributed by atoms with van der Waals surface area (Å²) in [4.78, 5) is 8.23. The van der Waals surface area contributed by atoms with Crippen LogP contribution >= 0.6 is 0 Å². The number of aliphatic hydroxyl groups is 1. The highest BCUT2D eigenvalue weighted by atomic mass is 19.4. The Balaban J connectivity index is 2.80. The molecule has 16 heavy (non-hydrogen) atoms. The molecule has 3 N–H and O–H groups in total. The van der Waals surface area contributed by atoms with Gasteiger partial charge in [0.25, 0.3) is 0 Å². The van der Waals surface area contributed by atoms with Gasteiger partial charge in [-0.05, 0) is 0 Å². The maximum absolute atomic E-state index is 12.2. The quantitative estimate of drug-likeness (QED) is 0.792. The predicted molar refractivity (Wildman–Crippen MR) is 51.8 cm³/mol. The molecule has 1 aromatic rings. The highest BCUT2D eigenvalue weighted by Crippen LogP contribution is 2.19. The van der Waals surface area contributed by atoms with Gasteiger partial charge in [-0.1, -0.05) is 0 Å². The van der Waals surface area contributed by atoms with Gasteiger partial charge >= 0.3 is 6.18 Å². The SMILES string of the molecule is Nc1cnc(N(CCO)CC(F)(F)F)cn1. The normalized spacial score (nSPS) is 11.5. The molecule has 0 aliphatic rings. The molecule has 1 aromatic heterocycles. The van der Waals surface area contributed by atoms with E-state index in [2.05, 4.69) is 9.97 Å². The van der Waals surface area contributed by atoms with Crippen LogP contribution in [-0.2, 0) is 0 Å². The first-order valence-electron chi connectivity index (χ1n) is 4.42. The number of aromatic nitrogens is 2. The van der Waals surface area contributed by atoms with Gasteiger partial charge in [0.1, 0.15) is 18.2 Å². The molecule has 90 valence electrons. The lowest BCUT2D eigenvalue weighted by Gasteiger charge is -2.23. The second-order valence-corrected chi connectivity index (χ2v) is 3.06. The predicted octanol–water partition coefficient (Wildman–Crippen LogP) is 0.420. The number of hydrogen-bond acceptors (Lipinski definition) is 5. The average Bonchev–Trinajstić information content (AvgIpc) is 2.16. The minimum atomic E-state index is -4.36. The van der Waals surface area contributed by atoms with Crippen molar-refractivity contribution in [1.82, 2.24) is 9.97 Å². The minimum Gasteiger partial charge on any atom is -0.395 e. The molecule has 0 atom stereocenters. The van der Waals surface area contributed by atoms with Gasteiger partial charge in [0, 0.05) is 6.54 Å². The van der Waals surface area contributed by atoms with Gasteiger partial charge in [0.2, 0.25) is 0 Å². The third-order valence-corrected chi connectivity index (χ3v) is 1.72. The number of alkyl halides is 3. The van der Waals surface area contributed by atoms with Gasteiger partial charge < -0.3 is 15.7 Å². The highest BCUT2D eigenvalue weighted by molar-refractivity contribution is 5.39. The summed E-state index contributed by atoms with van der Waals surface area (Å²) in [5.41, 5.74) is 5.26. The van der Waals surface area contributed by atoms with E-state index in [0.717, 1.165) is 17.3 Å². The number of nitrogens with two attached hydrogens (primary N) is 1. The first kappa shape index (κ1) is 12.5. The lowest BCUT2D eigenvalue weighted by Crippen LogP contribution is -2.36. The van der Waals surface area contributed by atoms with E-state index in [1.54, 1.807) is 0 Å². The number of anilines is 2. The molecule has 0 bridgehead atoms. The monoisotopic (exact) mass is 236 g/mol. The molecule has 8 heteroatoms. The van der Waals surface area contributed by atoms with Gasteiger partial charge in [0.05, 0.1) is 19.0 Å². The van der Waals surface area contributed by atoms with E-state index < -0.39 is 19.3 Å². The van der Waals surface area contributed by atoms with E-state index in [-0.39, 0.29) is 18.2 Å². The average molecular weight is 236 g/mol. The largest absolute Gasteiger partial charge is 0.405 e. The number of nitrogen functional groups attached to an aromatic ring is 1. The molecule has 0 spiro atoms. The van der Waals surface area contributed by atoms with Crippen molar-refractivity contribution in [3.63, 3.8) is 0 Å². The molecule has 0 amide bonds. The molecule has 5 nitrogen and oxygen atoms in total. The van der Waals surface area contributed by atoms with E-state index in [9.17, 15) is 13.2 Å². The summed E-state index contributed by atoms with van der Waals surface area (Å²) in [6.07, 6.45) is -2.06. The molecule has 1 rings (SSSR count). The van der Waals surface area contributed by atoms with Crippen LogP contribution in [0.2, 0.25) is 0 Å². The van der Waals surface area contributed by atoms with Crippen molar-refractivity contribution in [2.45, 2.75) is 6.18 Å². The third kappa shape index (κ3) is 3.89. The fourth-order valence-corrected chi connectivity index (χ4v) is 1.11. The molecular weight excluding hydrogens is 225 g/mol. The summed E-state index contributed by atoms with van der Waals surface area (Å²) in [7, 11) is 0. The van der Waals surface area contributed by atoms with Crippen LogP contribution in [0, 0.1) is 0 Å². The fourth-order valence-electron chi connectivity index (χ4n) is 1.11. The fraction of sp³-hybridized carbons (Fsp3) is 0.500. The topological polar surface area (TPSA) is 75.3 Å². The maximum atomic E-state index is 12.2. The number of hydrogen-bond donors (Lipinski definition) is 2. The Kier molecular flexibility index (Phi) is 3.88. The second kappa shape index (κ2) is 4.97. The van der Waals surface area contributed by atoms with Crippen LogP contribution in [0.15, 0.2) is 12.4 Å². The van der Waals surface area contributed by atoms with E-state index in [0.29, 0.717) is 0 Å². The highest BCUT2D eigenvalue weighted by Gasteiger charge is 2.31. The Morgan fingerprint density at radius 1 is 1.31 bits per heavy atom. The standard InChI is InChI=1S/C8H11F3N4O/c9-8(10,11)5-15(1-2-16)7-4-13-6(12)3-14-7/h3-4,16H,1-2,5H2,(H2,12,13). The van der Waals surface area contributed by atoms with Crippen LogP contribution < -0.4 is 10.6 Å². The zero-order valence-corrected chi connectivity index (χ0v) is 8.28. The van der Waals surface area contributed by atoms with Gasteiger partial charge in [0.15, 0.2) is 0 Å². The molecular formula is C8H11F3N4O. The molecule has 0 saturated heterocycles. The van der Waals surface area contributed by atoms with Gasteiger partial charge in [-0.2, -0.15) is 13.2 Å². The van der Waals surface area contributed by atoms with Crippen molar-refractivity contribution in [1.29, 1.82) is 0 Å². The molecule has 0 aliphatic heterocycles. The van der Waals surface area contributed by atoms with Crippen LogP contribution in [0.5, 0.6) is 0 Å². The molecule has 0 radical (unpaired) electrons. The van der Waals surface area contributed by atoms with Crippen molar-refractivity contribution < 1.29 is 18.3 Å². The smallest absolute Gasteiger partial charge is 0.395 e. The zero-order valence-electron chi connectivity index (χ0n) is 8.28. The van der Waals surface area contributed by atoms with Crippen molar-refractivity contribution in [2.75, 3.05) is 30.3 Å². The second-order valence-electron chi connectivity index (χ2n) is 3.06. The Bertz CT molecular complexity index is 327. The van der Waals surface area contributed by atoms with Crippen molar-refractivity contribution in [2.24, 2.45) is 0 Å². The Morgan fingerprint density at radius 3 is 2.44 bits per heavy atom. The van der Waals surface area contributed by atoms with Crippen molar-refractivity contribution in [3.8, 4) is 0 Å². The van der Waals surface area contributed by atoms with Crippen molar-refractivity contribution in [3.05, 3.63) is 12.4 Å². The number of aliphatic hydroxyl groups excluding tert-OH is 1. The van der Waals surface area contributed by atoms with E-state index in [1.165, 1.54) is 0 Å². The maximum Gasteiger partial charge on any atom is 0.405 e. The summed E-state index contributed by atoms with van der Waals surface area (Å²) in [6.45, 7) is -1.76. The molecule has 1 heterocycles. The van der Waals surface area contributed by atoms with Gasteiger partial charge in [-0.3, -0.25) is 0 Å². The van der Waals surface area contributed by atoms with E-state index in [4.69, 9.17) is 10.8 Å². The number of halogens is 3. The lowest BCUT2D eigenvalue weighted by molar-refractivity contribution is -0.120. The van der Waals surface area contributed by atoms with Crippen LogP contribution in [0.3, 0.4) is 0 Å². The first-order chi connectivity index (χ1) is 7.42. The van der Waals surface area contributed by atoms with Crippen LogP contribution in [0.25, 0.3) is 0 Å². The summed E-state index contributed by atoms with van der Waals surface area (Å²) >= 11 is 0. The molecule has 0 aliphatic carbocycles. The molecule has 0 aromatic carbocycles. The van der Waals surface area contributed by atoms with Gasteiger partial charge in [-0.15, -0.1) is 0 Å². The minimum absolute atomic E-state index is 0.0283. The molecule has 0 fully saturated rings. The third-order valence-electron chi connectivity index (χ3n) is 1.72. The number of rotatable bonds is 4. The van der Waals surface area contributed by atoms with Crippen LogP contribution in [0.1, 0.15) is 0 Å². The summed E-state index contributed by atoms with van der Waals surface area (Å²) in [6, 6.07) is 0. The Hall–Kier alpha value is -1.57. The van der Waals surface area contributed by atoms with Crippen LogP contribution in [-0.4, -0.2) is 40.9 Å². The van der Waals surface area contributed by atoms with Gasteiger partial charge in [-0.25, -0.2) is 9.97 Å². The Labute approximate surface area is 89.7 Å². The zero-order chi connectivity index (χ0) is 12.2. The first-order valence-corrected chi connectivity index (χ1v) is 4.42. The van der Waals surface area contributed by atoms with E-state index in [1.807, 2.05) is 0 Å². The Morgan fingerprint density at radius 2 is 2.00 bits per heavy atom. The van der Waals surface area contributed by atoms with Crippen LogP contribution in [0.4, 0.5) is 24.8 Å². The van der Waals surface area contributed by atoms with E-state index >= 15 is 0 Å². The summed E-state index contributed by atoms with van der Waals surface area (Å²) in [5.74, 6) is 0.153. The summed E-state index contributed by atoms with van der Waals surface area (Å²) in [5, 5.41) is 8.67. The lowest BCUT2D eigenvalue weighted by atomic mass is 10.4. The summed E-state index contributed by atoms with van der Waals surface area (Å²) < 4.78 is 36.6. The molecule has 0 unspecified atom stereocenters. The van der Waals surface area contributed by atoms with Crippen molar-refractivity contribution >= 4 is 11.6 Å².